The minimum Gasteiger partial charge on any atom is -0.458 e. The van der Waals surface area contributed by atoms with Crippen LogP contribution < -0.4 is 5.32 Å². The summed E-state index contributed by atoms with van der Waals surface area (Å²) in [7, 11) is 0. The Balaban J connectivity index is 1.44. The largest absolute Gasteiger partial charge is 0.458 e. The lowest BCUT2D eigenvalue weighted by atomic mass is 10.0. The van der Waals surface area contributed by atoms with Crippen molar-refractivity contribution in [1.29, 1.82) is 0 Å². The molecule has 1 unspecified atom stereocenters. The molecule has 0 aliphatic heterocycles. The van der Waals surface area contributed by atoms with Crippen molar-refractivity contribution >= 4 is 34.1 Å². The molecule has 3 aromatic heterocycles. The van der Waals surface area contributed by atoms with Crippen molar-refractivity contribution in [3.8, 4) is 10.8 Å². The Morgan fingerprint density at radius 1 is 1.28 bits per heavy atom. The van der Waals surface area contributed by atoms with Crippen molar-refractivity contribution in [2.45, 2.75) is 26.0 Å². The number of aromatic nitrogens is 2. The van der Waals surface area contributed by atoms with E-state index in [1.54, 1.807) is 0 Å². The lowest BCUT2D eigenvalue weighted by Crippen LogP contribution is -2.42. The van der Waals surface area contributed by atoms with Gasteiger partial charge in [0.05, 0.1) is 4.88 Å². The molecular formula is C21H19N3O4S. The smallest absolute Gasteiger partial charge is 0.329 e. The first-order valence-corrected chi connectivity index (χ1v) is 9.95. The summed E-state index contributed by atoms with van der Waals surface area (Å²) in [5, 5.41) is 5.62. The highest BCUT2D eigenvalue weighted by molar-refractivity contribution is 7.13. The highest BCUT2D eigenvalue weighted by atomic mass is 32.1. The third-order valence-corrected chi connectivity index (χ3v) is 5.26. The Morgan fingerprint density at radius 3 is 2.93 bits per heavy atom. The standard InChI is InChI=1S/C21H19N3O4S/c1-13(25)23-18(9-14-10-22-17-6-3-2-5-16(14)17)21(26)28-12-15-11-27-20(24-15)19-7-4-8-29-19/h2-8,10-11,18,22H,9,12H2,1H3,(H,23,25). The highest BCUT2D eigenvalue weighted by Gasteiger charge is 2.23. The van der Waals surface area contributed by atoms with E-state index in [1.165, 1.54) is 24.5 Å². The van der Waals surface area contributed by atoms with Crippen LogP contribution in [-0.4, -0.2) is 27.9 Å². The maximum absolute atomic E-state index is 12.6. The molecule has 0 bridgehead atoms. The first-order chi connectivity index (χ1) is 14.1. The Morgan fingerprint density at radius 2 is 2.14 bits per heavy atom. The molecule has 0 radical (unpaired) electrons. The number of para-hydroxylation sites is 1. The number of fused-ring (bicyclic) bond motifs is 1. The maximum Gasteiger partial charge on any atom is 0.329 e. The molecule has 0 aliphatic carbocycles. The van der Waals surface area contributed by atoms with Gasteiger partial charge in [0.25, 0.3) is 0 Å². The zero-order valence-corrected chi connectivity index (χ0v) is 16.5. The van der Waals surface area contributed by atoms with Crippen molar-refractivity contribution in [2.75, 3.05) is 0 Å². The molecule has 1 amide bonds. The van der Waals surface area contributed by atoms with E-state index in [2.05, 4.69) is 15.3 Å². The van der Waals surface area contributed by atoms with Gasteiger partial charge < -0.3 is 19.5 Å². The molecule has 0 fully saturated rings. The molecule has 29 heavy (non-hydrogen) atoms. The van der Waals surface area contributed by atoms with Gasteiger partial charge in [-0.1, -0.05) is 24.3 Å². The number of hydrogen-bond donors (Lipinski definition) is 2. The summed E-state index contributed by atoms with van der Waals surface area (Å²) in [5.41, 5.74) is 2.41. The zero-order chi connectivity index (χ0) is 20.2. The van der Waals surface area contributed by atoms with E-state index in [9.17, 15) is 9.59 Å². The van der Waals surface area contributed by atoms with Crippen LogP contribution in [0.2, 0.25) is 0 Å². The van der Waals surface area contributed by atoms with Gasteiger partial charge in [-0.2, -0.15) is 0 Å². The van der Waals surface area contributed by atoms with E-state index in [4.69, 9.17) is 9.15 Å². The van der Waals surface area contributed by atoms with E-state index in [-0.39, 0.29) is 12.5 Å². The molecule has 3 heterocycles. The normalized spacial score (nSPS) is 12.0. The van der Waals surface area contributed by atoms with Crippen LogP contribution in [0.5, 0.6) is 0 Å². The van der Waals surface area contributed by atoms with Gasteiger partial charge in [-0.3, -0.25) is 4.79 Å². The van der Waals surface area contributed by atoms with Crippen molar-refractivity contribution in [1.82, 2.24) is 15.3 Å². The fraction of sp³-hybridized carbons (Fsp3) is 0.190. The van der Waals surface area contributed by atoms with Gasteiger partial charge in [-0.25, -0.2) is 9.78 Å². The molecule has 2 N–H and O–H groups in total. The second-order valence-electron chi connectivity index (χ2n) is 6.55. The molecule has 0 spiro atoms. The molecular weight excluding hydrogens is 390 g/mol. The minimum atomic E-state index is -0.796. The first kappa shape index (κ1) is 18.9. The van der Waals surface area contributed by atoms with Gasteiger partial charge in [0.1, 0.15) is 24.6 Å². The van der Waals surface area contributed by atoms with Gasteiger partial charge in [0, 0.05) is 30.4 Å². The topological polar surface area (TPSA) is 97.2 Å². The van der Waals surface area contributed by atoms with Gasteiger partial charge in [0.15, 0.2) is 0 Å². The zero-order valence-electron chi connectivity index (χ0n) is 15.7. The molecule has 148 valence electrons. The van der Waals surface area contributed by atoms with Crippen LogP contribution in [0.4, 0.5) is 0 Å². The van der Waals surface area contributed by atoms with Crippen LogP contribution >= 0.6 is 11.3 Å². The summed E-state index contributed by atoms with van der Waals surface area (Å²) in [4.78, 5) is 32.7. The minimum absolute atomic E-state index is 0.0301. The first-order valence-electron chi connectivity index (χ1n) is 9.07. The molecule has 8 heteroatoms. The van der Waals surface area contributed by atoms with Crippen LogP contribution in [0.3, 0.4) is 0 Å². The molecule has 1 atom stereocenters. The molecule has 0 saturated carbocycles. The van der Waals surface area contributed by atoms with E-state index >= 15 is 0 Å². The number of H-pyrrole nitrogens is 1. The maximum atomic E-state index is 12.6. The fourth-order valence-electron chi connectivity index (χ4n) is 3.09. The Bertz CT molecular complexity index is 1130. The molecule has 1 aromatic carbocycles. The van der Waals surface area contributed by atoms with Crippen LogP contribution in [0.15, 0.2) is 58.7 Å². The third kappa shape index (κ3) is 4.38. The Hall–Kier alpha value is -3.39. The van der Waals surface area contributed by atoms with Crippen molar-refractivity contribution in [2.24, 2.45) is 0 Å². The summed E-state index contributed by atoms with van der Waals surface area (Å²) >= 11 is 1.51. The predicted octanol–water partition coefficient (Wildman–Crippen LogP) is 3.68. The quantitative estimate of drug-likeness (QED) is 0.454. The fourth-order valence-corrected chi connectivity index (χ4v) is 3.75. The molecule has 4 rings (SSSR count). The van der Waals surface area contributed by atoms with Gasteiger partial charge >= 0.3 is 5.97 Å². The Labute approximate surface area is 170 Å². The van der Waals surface area contributed by atoms with Crippen molar-refractivity contribution in [3.63, 3.8) is 0 Å². The summed E-state index contributed by atoms with van der Waals surface area (Å²) in [5.74, 6) is -0.331. The van der Waals surface area contributed by atoms with E-state index in [0.29, 0.717) is 18.0 Å². The van der Waals surface area contributed by atoms with Crippen molar-refractivity contribution in [3.05, 3.63) is 65.5 Å². The number of carbonyl (C=O) groups is 2. The summed E-state index contributed by atoms with van der Waals surface area (Å²) < 4.78 is 10.8. The number of oxazole rings is 1. The lowest BCUT2D eigenvalue weighted by molar-refractivity contribution is -0.149. The summed E-state index contributed by atoms with van der Waals surface area (Å²) in [6.45, 7) is 1.35. The Kier molecular flexibility index (Phi) is 5.44. The average molecular weight is 409 g/mol. The van der Waals surface area contributed by atoms with Crippen LogP contribution in [-0.2, 0) is 27.4 Å². The number of carbonyl (C=O) groups excluding carboxylic acids is 2. The van der Waals surface area contributed by atoms with Gasteiger partial charge in [-0.15, -0.1) is 11.3 Å². The number of nitrogens with one attached hydrogen (secondary N) is 2. The van der Waals surface area contributed by atoms with E-state index in [0.717, 1.165) is 21.3 Å². The monoisotopic (exact) mass is 409 g/mol. The van der Waals surface area contributed by atoms with Gasteiger partial charge in [-0.05, 0) is 23.1 Å². The number of aromatic amines is 1. The molecule has 0 aliphatic rings. The van der Waals surface area contributed by atoms with Crippen LogP contribution in [0.25, 0.3) is 21.7 Å². The van der Waals surface area contributed by atoms with E-state index in [1.807, 2.05) is 48.0 Å². The van der Waals surface area contributed by atoms with Crippen LogP contribution in [0, 0.1) is 0 Å². The third-order valence-electron chi connectivity index (χ3n) is 4.41. The number of esters is 1. The van der Waals surface area contributed by atoms with Gasteiger partial charge in [0.2, 0.25) is 11.8 Å². The number of benzene rings is 1. The highest BCUT2D eigenvalue weighted by Crippen LogP contribution is 2.24. The number of rotatable bonds is 7. The molecule has 0 saturated heterocycles. The number of thiophene rings is 1. The molecule has 4 aromatic rings. The lowest BCUT2D eigenvalue weighted by Gasteiger charge is -2.16. The predicted molar refractivity (Wildman–Crippen MR) is 109 cm³/mol. The average Bonchev–Trinajstić information content (AvgIpc) is 3.46. The summed E-state index contributed by atoms with van der Waals surface area (Å²) in [6.07, 6.45) is 3.63. The number of ether oxygens (including phenoxy) is 1. The summed E-state index contributed by atoms with van der Waals surface area (Å²) in [6, 6.07) is 10.8. The number of hydrogen-bond acceptors (Lipinski definition) is 6. The number of amides is 1. The molecule has 7 nitrogen and oxygen atoms in total. The van der Waals surface area contributed by atoms with E-state index < -0.39 is 12.0 Å². The SMILES string of the molecule is CC(=O)NC(Cc1c[nH]c2ccccc12)C(=O)OCc1coc(-c2cccs2)n1. The second kappa shape index (κ2) is 8.32. The van der Waals surface area contributed by atoms with Crippen LogP contribution in [0.1, 0.15) is 18.2 Å². The number of nitrogens with zero attached hydrogens (tertiary/aromatic N) is 1. The van der Waals surface area contributed by atoms with Crippen molar-refractivity contribution < 1.29 is 18.7 Å². The second-order valence-corrected chi connectivity index (χ2v) is 7.49.